The number of carbonyl (C=O) groups is 2. The van der Waals surface area contributed by atoms with E-state index in [0.29, 0.717) is 40.6 Å². The van der Waals surface area contributed by atoms with Crippen LogP contribution in [0.4, 0.5) is 5.69 Å². The molecule has 2 amide bonds. The quantitative estimate of drug-likeness (QED) is 0.546. The van der Waals surface area contributed by atoms with Crippen LogP contribution in [0.15, 0.2) is 53.6 Å². The van der Waals surface area contributed by atoms with Gasteiger partial charge in [0.05, 0.1) is 4.90 Å². The van der Waals surface area contributed by atoms with Crippen molar-refractivity contribution >= 4 is 49.8 Å². The molecule has 0 bridgehead atoms. The summed E-state index contributed by atoms with van der Waals surface area (Å²) in [5, 5.41) is 3.58. The molecule has 3 aromatic rings. The highest BCUT2D eigenvalue weighted by atomic mass is 35.5. The maximum atomic E-state index is 13.2. The van der Waals surface area contributed by atoms with Gasteiger partial charge in [0.1, 0.15) is 12.3 Å². The summed E-state index contributed by atoms with van der Waals surface area (Å²) < 4.78 is 28.1. The van der Waals surface area contributed by atoms with Crippen molar-refractivity contribution in [2.75, 3.05) is 24.2 Å². The van der Waals surface area contributed by atoms with Gasteiger partial charge >= 0.3 is 0 Å². The van der Waals surface area contributed by atoms with Gasteiger partial charge in [0.25, 0.3) is 0 Å². The Labute approximate surface area is 204 Å². The fourth-order valence-electron chi connectivity index (χ4n) is 4.21. The van der Waals surface area contributed by atoms with Crippen molar-refractivity contribution in [3.63, 3.8) is 0 Å². The zero-order valence-corrected chi connectivity index (χ0v) is 20.8. The number of carbonyl (C=O) groups excluding carboxylic acids is 2. The van der Waals surface area contributed by atoms with E-state index in [0.717, 1.165) is 18.4 Å². The summed E-state index contributed by atoms with van der Waals surface area (Å²) in [5.74, 6) is -0.805. The number of fused-ring (bicyclic) bond motifs is 1. The minimum Gasteiger partial charge on any atom is -0.341 e. The number of benzene rings is 2. The van der Waals surface area contributed by atoms with E-state index in [1.54, 1.807) is 47.0 Å². The van der Waals surface area contributed by atoms with Crippen molar-refractivity contribution in [1.29, 1.82) is 0 Å². The van der Waals surface area contributed by atoms with E-state index in [1.165, 1.54) is 6.20 Å². The number of anilines is 1. The Morgan fingerprint density at radius 1 is 1.12 bits per heavy atom. The zero-order valence-electron chi connectivity index (χ0n) is 19.3. The fourth-order valence-corrected chi connectivity index (χ4v) is 5.76. The average molecular weight is 502 g/mol. The van der Waals surface area contributed by atoms with E-state index in [1.807, 2.05) is 11.8 Å². The molecule has 9 heteroatoms. The molecule has 1 aliphatic heterocycles. The summed E-state index contributed by atoms with van der Waals surface area (Å²) >= 11 is 6.10. The van der Waals surface area contributed by atoms with E-state index < -0.39 is 21.5 Å². The Hall–Kier alpha value is -2.84. The highest BCUT2D eigenvalue weighted by molar-refractivity contribution is 7.92. The largest absolute Gasteiger partial charge is 0.341 e. The smallest absolute Gasteiger partial charge is 0.242 e. The summed E-state index contributed by atoms with van der Waals surface area (Å²) in [5.41, 5.74) is 1.93. The first-order valence-corrected chi connectivity index (χ1v) is 13.3. The molecule has 0 saturated carbocycles. The third-order valence-electron chi connectivity index (χ3n) is 6.31. The summed E-state index contributed by atoms with van der Waals surface area (Å²) in [7, 11) is -3.96. The molecule has 1 aliphatic rings. The highest BCUT2D eigenvalue weighted by Gasteiger charge is 2.26. The number of likely N-dealkylation sites (tertiary alicyclic amines) is 1. The standard InChI is InChI=1S/C25H28ClN3O4S/c1-17-9-11-28(12-10-17)25(31)15-29-14-23(20-5-3-4-6-22(20)29)34(32,33)16-24(30)27-19-8-7-18(2)21(26)13-19/h3-8,13-14,17H,9-12,15-16H2,1-2H3,(H,27,30). The van der Waals surface area contributed by atoms with E-state index in [2.05, 4.69) is 12.2 Å². The molecule has 0 radical (unpaired) electrons. The molecular formula is C25H28ClN3O4S. The molecule has 0 spiro atoms. The molecule has 180 valence electrons. The number of piperidine rings is 1. The topological polar surface area (TPSA) is 88.5 Å². The Bertz CT molecular complexity index is 1340. The maximum Gasteiger partial charge on any atom is 0.242 e. The zero-order chi connectivity index (χ0) is 24.5. The lowest BCUT2D eigenvalue weighted by molar-refractivity contribution is -0.133. The normalized spacial score (nSPS) is 15.0. The third kappa shape index (κ3) is 5.28. The second-order valence-corrected chi connectivity index (χ2v) is 11.3. The molecule has 1 fully saturated rings. The van der Waals surface area contributed by atoms with Crippen molar-refractivity contribution in [3.05, 3.63) is 59.2 Å². The monoisotopic (exact) mass is 501 g/mol. The van der Waals surface area contributed by atoms with Crippen molar-refractivity contribution < 1.29 is 18.0 Å². The molecule has 4 rings (SSSR count). The lowest BCUT2D eigenvalue weighted by atomic mass is 9.99. The van der Waals surface area contributed by atoms with Crippen LogP contribution in [0.1, 0.15) is 25.3 Å². The van der Waals surface area contributed by atoms with Gasteiger partial charge in [0.2, 0.25) is 11.8 Å². The SMILES string of the molecule is Cc1ccc(NC(=O)CS(=O)(=O)c2cn(CC(=O)N3CCC(C)CC3)c3ccccc23)cc1Cl. The lowest BCUT2D eigenvalue weighted by Crippen LogP contribution is -2.39. The van der Waals surface area contributed by atoms with Crippen LogP contribution in [0.2, 0.25) is 5.02 Å². The number of amides is 2. The van der Waals surface area contributed by atoms with Gasteiger partial charge in [0, 0.05) is 40.9 Å². The number of nitrogens with zero attached hydrogens (tertiary/aromatic N) is 2. The average Bonchev–Trinajstić information content (AvgIpc) is 3.16. The Morgan fingerprint density at radius 3 is 2.53 bits per heavy atom. The van der Waals surface area contributed by atoms with Gasteiger partial charge in [-0.2, -0.15) is 0 Å². The van der Waals surface area contributed by atoms with Gasteiger partial charge in [-0.25, -0.2) is 8.42 Å². The minimum absolute atomic E-state index is 0.0365. The summed E-state index contributed by atoms with van der Waals surface area (Å²) in [6.45, 7) is 5.51. The fraction of sp³-hybridized carbons (Fsp3) is 0.360. The van der Waals surface area contributed by atoms with Crippen LogP contribution in [0, 0.1) is 12.8 Å². The second kappa shape index (κ2) is 9.80. The van der Waals surface area contributed by atoms with Gasteiger partial charge in [-0.05, 0) is 49.4 Å². The number of aromatic nitrogens is 1. The Balaban J connectivity index is 1.55. The predicted octanol–water partition coefficient (Wildman–Crippen LogP) is 4.27. The molecular weight excluding hydrogens is 474 g/mol. The van der Waals surface area contributed by atoms with Gasteiger partial charge in [0.15, 0.2) is 9.84 Å². The van der Waals surface area contributed by atoms with E-state index in [9.17, 15) is 18.0 Å². The molecule has 1 saturated heterocycles. The lowest BCUT2D eigenvalue weighted by Gasteiger charge is -2.30. The summed E-state index contributed by atoms with van der Waals surface area (Å²) in [6.07, 6.45) is 3.42. The number of para-hydroxylation sites is 1. The molecule has 1 aromatic heterocycles. The van der Waals surface area contributed by atoms with Crippen LogP contribution in [0.3, 0.4) is 0 Å². The highest BCUT2D eigenvalue weighted by Crippen LogP contribution is 2.27. The summed E-state index contributed by atoms with van der Waals surface area (Å²) in [6, 6.07) is 12.0. The van der Waals surface area contributed by atoms with Crippen LogP contribution >= 0.6 is 11.6 Å². The first-order valence-electron chi connectivity index (χ1n) is 11.3. The van der Waals surface area contributed by atoms with Crippen molar-refractivity contribution in [1.82, 2.24) is 9.47 Å². The summed E-state index contributed by atoms with van der Waals surface area (Å²) in [4.78, 5) is 27.3. The van der Waals surface area contributed by atoms with Crippen molar-refractivity contribution in [2.24, 2.45) is 5.92 Å². The van der Waals surface area contributed by atoms with Gasteiger partial charge in [-0.1, -0.05) is 42.8 Å². The number of nitrogens with one attached hydrogen (secondary N) is 1. The van der Waals surface area contributed by atoms with Crippen molar-refractivity contribution in [3.8, 4) is 0 Å². The maximum absolute atomic E-state index is 13.2. The molecule has 34 heavy (non-hydrogen) atoms. The molecule has 7 nitrogen and oxygen atoms in total. The number of hydrogen-bond acceptors (Lipinski definition) is 4. The van der Waals surface area contributed by atoms with E-state index in [-0.39, 0.29) is 17.3 Å². The molecule has 2 aromatic carbocycles. The van der Waals surface area contributed by atoms with Crippen LogP contribution in [0.25, 0.3) is 10.9 Å². The first-order chi connectivity index (χ1) is 16.1. The van der Waals surface area contributed by atoms with Crippen LogP contribution in [0.5, 0.6) is 0 Å². The van der Waals surface area contributed by atoms with Crippen LogP contribution < -0.4 is 5.32 Å². The van der Waals surface area contributed by atoms with Gasteiger partial charge in [-0.3, -0.25) is 9.59 Å². The van der Waals surface area contributed by atoms with Crippen LogP contribution in [-0.4, -0.2) is 48.5 Å². The Morgan fingerprint density at radius 2 is 1.82 bits per heavy atom. The van der Waals surface area contributed by atoms with E-state index in [4.69, 9.17) is 11.6 Å². The first kappa shape index (κ1) is 24.3. The molecule has 0 atom stereocenters. The predicted molar refractivity (Wildman–Crippen MR) is 134 cm³/mol. The van der Waals surface area contributed by atoms with Crippen LogP contribution in [-0.2, 0) is 26.0 Å². The molecule has 1 N–H and O–H groups in total. The Kier molecular flexibility index (Phi) is 7.00. The molecule has 2 heterocycles. The second-order valence-electron chi connectivity index (χ2n) is 8.97. The number of halogens is 1. The number of sulfone groups is 1. The van der Waals surface area contributed by atoms with Crippen molar-refractivity contribution in [2.45, 2.75) is 38.1 Å². The minimum atomic E-state index is -3.96. The third-order valence-corrected chi connectivity index (χ3v) is 8.35. The van der Waals surface area contributed by atoms with Gasteiger partial charge < -0.3 is 14.8 Å². The number of rotatable bonds is 6. The van der Waals surface area contributed by atoms with E-state index >= 15 is 0 Å². The number of hydrogen-bond donors (Lipinski definition) is 1. The van der Waals surface area contributed by atoms with Gasteiger partial charge in [-0.15, -0.1) is 0 Å². The molecule has 0 unspecified atom stereocenters. The molecule has 0 aliphatic carbocycles. The number of aryl methyl sites for hydroxylation is 1.